The Hall–Kier alpha value is -0.610. The summed E-state index contributed by atoms with van der Waals surface area (Å²) in [7, 11) is 0. The molecule has 0 radical (unpaired) electrons. The van der Waals surface area contributed by atoms with E-state index in [4.69, 9.17) is 5.73 Å². The van der Waals surface area contributed by atoms with Crippen molar-refractivity contribution >= 4 is 5.91 Å². The molecule has 104 valence electrons. The van der Waals surface area contributed by atoms with Crippen molar-refractivity contribution in [3.8, 4) is 0 Å². The molecule has 3 N–H and O–H groups in total. The number of likely N-dealkylation sites (tertiary alicyclic amines) is 1. The summed E-state index contributed by atoms with van der Waals surface area (Å²) in [6, 6.07) is 0.448. The number of carbonyl (C=O) groups excluding carboxylic acids is 1. The Bertz CT molecular complexity index is 293. The van der Waals surface area contributed by atoms with Crippen LogP contribution >= 0.6 is 0 Å². The average Bonchev–Trinajstić information content (AvgIpc) is 2.85. The number of nitrogens with zero attached hydrogens (tertiary/aromatic N) is 1. The van der Waals surface area contributed by atoms with Gasteiger partial charge in [0, 0.05) is 19.1 Å². The molecular weight excluding hydrogens is 226 g/mol. The highest BCUT2D eigenvalue weighted by atomic mass is 16.2. The number of rotatable bonds is 5. The van der Waals surface area contributed by atoms with E-state index in [9.17, 15) is 4.79 Å². The Labute approximate surface area is 110 Å². The van der Waals surface area contributed by atoms with Gasteiger partial charge in [-0.3, -0.25) is 9.69 Å². The fourth-order valence-electron chi connectivity index (χ4n) is 3.46. The lowest BCUT2D eigenvalue weighted by molar-refractivity contribution is -0.138. The van der Waals surface area contributed by atoms with E-state index in [1.54, 1.807) is 0 Å². The summed E-state index contributed by atoms with van der Waals surface area (Å²) in [6.45, 7) is 7.99. The largest absolute Gasteiger partial charge is 0.354 e. The zero-order valence-corrected chi connectivity index (χ0v) is 11.7. The maximum absolute atomic E-state index is 12.2. The first-order chi connectivity index (χ1) is 8.57. The quantitative estimate of drug-likeness (QED) is 0.767. The minimum absolute atomic E-state index is 0.175. The van der Waals surface area contributed by atoms with Crippen LogP contribution in [0, 0.1) is 11.3 Å². The number of amides is 1. The summed E-state index contributed by atoms with van der Waals surface area (Å²) < 4.78 is 0. The van der Waals surface area contributed by atoms with Crippen molar-refractivity contribution in [3.63, 3.8) is 0 Å². The molecule has 4 heteroatoms. The van der Waals surface area contributed by atoms with Crippen LogP contribution in [0.2, 0.25) is 0 Å². The van der Waals surface area contributed by atoms with E-state index in [1.165, 1.54) is 25.9 Å². The Morgan fingerprint density at radius 1 is 1.44 bits per heavy atom. The lowest BCUT2D eigenvalue weighted by Crippen LogP contribution is -2.55. The van der Waals surface area contributed by atoms with Crippen molar-refractivity contribution in [1.29, 1.82) is 0 Å². The Morgan fingerprint density at radius 3 is 2.56 bits per heavy atom. The van der Waals surface area contributed by atoms with Crippen LogP contribution in [0.5, 0.6) is 0 Å². The fraction of sp³-hybridized carbons (Fsp3) is 0.929. The number of hydrogen-bond donors (Lipinski definition) is 2. The van der Waals surface area contributed by atoms with Crippen molar-refractivity contribution in [1.82, 2.24) is 10.2 Å². The van der Waals surface area contributed by atoms with E-state index >= 15 is 0 Å². The summed E-state index contributed by atoms with van der Waals surface area (Å²) in [5.74, 6) is 0.824. The molecule has 0 aromatic rings. The zero-order chi connectivity index (χ0) is 13.2. The Kier molecular flexibility index (Phi) is 4.28. The van der Waals surface area contributed by atoms with E-state index in [0.29, 0.717) is 18.5 Å². The topological polar surface area (TPSA) is 58.4 Å². The molecule has 2 fully saturated rings. The van der Waals surface area contributed by atoms with E-state index in [-0.39, 0.29) is 11.3 Å². The summed E-state index contributed by atoms with van der Waals surface area (Å²) in [4.78, 5) is 14.7. The first-order valence-corrected chi connectivity index (χ1v) is 7.30. The van der Waals surface area contributed by atoms with Crippen molar-refractivity contribution in [2.75, 3.05) is 26.2 Å². The zero-order valence-electron chi connectivity index (χ0n) is 11.7. The van der Waals surface area contributed by atoms with Gasteiger partial charge in [-0.2, -0.15) is 0 Å². The van der Waals surface area contributed by atoms with E-state index in [1.807, 2.05) is 0 Å². The predicted molar refractivity (Wildman–Crippen MR) is 73.2 cm³/mol. The molecule has 1 heterocycles. The predicted octanol–water partition coefficient (Wildman–Crippen LogP) is 0.962. The van der Waals surface area contributed by atoms with Gasteiger partial charge >= 0.3 is 0 Å². The third-order valence-electron chi connectivity index (χ3n) is 4.67. The van der Waals surface area contributed by atoms with Crippen LogP contribution in [0.25, 0.3) is 0 Å². The SMILES string of the molecule is CC1CC(CN)(C(=O)NCC(C)N2CCCC2)C1. The summed E-state index contributed by atoms with van der Waals surface area (Å²) >= 11 is 0. The van der Waals surface area contributed by atoms with Gasteiger partial charge in [0.25, 0.3) is 0 Å². The number of carbonyl (C=O) groups is 1. The van der Waals surface area contributed by atoms with Crippen LogP contribution in [-0.2, 0) is 4.79 Å². The summed E-state index contributed by atoms with van der Waals surface area (Å²) in [5, 5.41) is 3.11. The van der Waals surface area contributed by atoms with Crippen molar-refractivity contribution in [2.24, 2.45) is 17.1 Å². The molecule has 0 spiro atoms. The summed E-state index contributed by atoms with van der Waals surface area (Å²) in [6.07, 6.45) is 4.49. The van der Waals surface area contributed by atoms with Gasteiger partial charge in [-0.05, 0) is 51.6 Å². The molecule has 1 atom stereocenters. The highest BCUT2D eigenvalue weighted by Crippen LogP contribution is 2.44. The molecule has 2 rings (SSSR count). The summed E-state index contributed by atoms with van der Waals surface area (Å²) in [5.41, 5.74) is 5.53. The van der Waals surface area contributed by atoms with Gasteiger partial charge in [-0.1, -0.05) is 6.92 Å². The minimum atomic E-state index is -0.260. The molecule has 0 aromatic heterocycles. The van der Waals surface area contributed by atoms with Crippen molar-refractivity contribution < 1.29 is 4.79 Å². The molecular formula is C14H27N3O. The second kappa shape index (κ2) is 5.57. The molecule has 1 unspecified atom stereocenters. The van der Waals surface area contributed by atoms with E-state index in [2.05, 4.69) is 24.1 Å². The van der Waals surface area contributed by atoms with Crippen LogP contribution in [0.3, 0.4) is 0 Å². The maximum Gasteiger partial charge on any atom is 0.227 e. The van der Waals surface area contributed by atoms with E-state index < -0.39 is 0 Å². The van der Waals surface area contributed by atoms with Crippen LogP contribution < -0.4 is 11.1 Å². The second-order valence-corrected chi connectivity index (χ2v) is 6.30. The molecule has 2 aliphatic rings. The van der Waals surface area contributed by atoms with Crippen LogP contribution in [0.1, 0.15) is 39.5 Å². The normalized spacial score (nSPS) is 34.1. The third-order valence-corrected chi connectivity index (χ3v) is 4.67. The van der Waals surface area contributed by atoms with Gasteiger partial charge in [-0.15, -0.1) is 0 Å². The maximum atomic E-state index is 12.2. The van der Waals surface area contributed by atoms with Crippen LogP contribution in [0.15, 0.2) is 0 Å². The highest BCUT2D eigenvalue weighted by Gasteiger charge is 2.47. The minimum Gasteiger partial charge on any atom is -0.354 e. The van der Waals surface area contributed by atoms with Gasteiger partial charge in [0.15, 0.2) is 0 Å². The molecule has 1 saturated carbocycles. The van der Waals surface area contributed by atoms with Gasteiger partial charge in [0.1, 0.15) is 0 Å². The molecule has 0 aromatic carbocycles. The number of hydrogen-bond acceptors (Lipinski definition) is 3. The molecule has 1 aliphatic heterocycles. The molecule has 1 aliphatic carbocycles. The Morgan fingerprint density at radius 2 is 2.06 bits per heavy atom. The first-order valence-electron chi connectivity index (χ1n) is 7.30. The highest BCUT2D eigenvalue weighted by molar-refractivity contribution is 5.84. The lowest BCUT2D eigenvalue weighted by Gasteiger charge is -2.44. The number of nitrogens with one attached hydrogen (secondary N) is 1. The van der Waals surface area contributed by atoms with Crippen molar-refractivity contribution in [3.05, 3.63) is 0 Å². The Balaban J connectivity index is 1.77. The third kappa shape index (κ3) is 2.69. The molecule has 1 amide bonds. The van der Waals surface area contributed by atoms with E-state index in [0.717, 1.165) is 19.4 Å². The smallest absolute Gasteiger partial charge is 0.227 e. The van der Waals surface area contributed by atoms with Crippen LogP contribution in [-0.4, -0.2) is 43.0 Å². The van der Waals surface area contributed by atoms with Crippen LogP contribution in [0.4, 0.5) is 0 Å². The van der Waals surface area contributed by atoms with Gasteiger partial charge < -0.3 is 11.1 Å². The van der Waals surface area contributed by atoms with Crippen molar-refractivity contribution in [2.45, 2.75) is 45.6 Å². The number of nitrogens with two attached hydrogens (primary N) is 1. The van der Waals surface area contributed by atoms with Gasteiger partial charge in [-0.25, -0.2) is 0 Å². The second-order valence-electron chi connectivity index (χ2n) is 6.30. The standard InChI is InChI=1S/C14H27N3O/c1-11-7-14(8-11,10-15)13(18)16-9-12(2)17-5-3-4-6-17/h11-12H,3-10,15H2,1-2H3,(H,16,18). The molecule has 4 nitrogen and oxygen atoms in total. The monoisotopic (exact) mass is 253 g/mol. The molecule has 0 bridgehead atoms. The molecule has 1 saturated heterocycles. The van der Waals surface area contributed by atoms with Gasteiger partial charge in [0.2, 0.25) is 5.91 Å². The average molecular weight is 253 g/mol. The first kappa shape index (κ1) is 13.8. The van der Waals surface area contributed by atoms with Gasteiger partial charge in [0.05, 0.1) is 5.41 Å². The molecule has 18 heavy (non-hydrogen) atoms. The lowest BCUT2D eigenvalue weighted by atomic mass is 9.62. The fourth-order valence-corrected chi connectivity index (χ4v) is 3.46.